The van der Waals surface area contributed by atoms with Gasteiger partial charge in [-0.3, -0.25) is 14.0 Å². The smallest absolute Gasteiger partial charge is 0.341 e. The summed E-state index contributed by atoms with van der Waals surface area (Å²) < 4.78 is 13.5. The SMILES string of the molecule is CCOC(=O)c1cc2c(=O)n3cccc(C)c3nc2n(CCCOC)c1=NC(=O)C=Cc1ccccc1. The van der Waals surface area contributed by atoms with Crippen LogP contribution in [0, 0.1) is 6.92 Å². The molecule has 9 nitrogen and oxygen atoms in total. The van der Waals surface area contributed by atoms with Crippen LogP contribution in [0.4, 0.5) is 0 Å². The first kappa shape index (κ1) is 25.7. The highest BCUT2D eigenvalue weighted by atomic mass is 16.5. The van der Waals surface area contributed by atoms with Gasteiger partial charge in [0, 0.05) is 32.5 Å². The Morgan fingerprint density at radius 1 is 1.11 bits per heavy atom. The lowest BCUT2D eigenvalue weighted by Crippen LogP contribution is -2.33. The van der Waals surface area contributed by atoms with E-state index in [9.17, 15) is 14.4 Å². The number of carbonyl (C=O) groups is 2. The van der Waals surface area contributed by atoms with Crippen molar-refractivity contribution < 1.29 is 19.1 Å². The van der Waals surface area contributed by atoms with Crippen LogP contribution in [0.25, 0.3) is 22.8 Å². The number of aryl methyl sites for hydroxylation is 2. The van der Waals surface area contributed by atoms with Gasteiger partial charge in [-0.2, -0.15) is 4.99 Å². The zero-order valence-corrected chi connectivity index (χ0v) is 21.0. The van der Waals surface area contributed by atoms with Crippen molar-refractivity contribution >= 4 is 34.6 Å². The Hall–Kier alpha value is -4.37. The Balaban J connectivity index is 2.02. The Morgan fingerprint density at radius 2 is 1.89 bits per heavy atom. The van der Waals surface area contributed by atoms with Gasteiger partial charge >= 0.3 is 5.97 Å². The molecule has 0 saturated carbocycles. The maximum Gasteiger partial charge on any atom is 0.341 e. The summed E-state index contributed by atoms with van der Waals surface area (Å²) >= 11 is 0. The quantitative estimate of drug-likeness (QED) is 0.159. The van der Waals surface area contributed by atoms with E-state index in [1.807, 2.05) is 43.3 Å². The summed E-state index contributed by atoms with van der Waals surface area (Å²) in [5, 5.41) is 0.217. The van der Waals surface area contributed by atoms with Crippen LogP contribution in [0.3, 0.4) is 0 Å². The van der Waals surface area contributed by atoms with Crippen LogP contribution in [-0.4, -0.2) is 46.2 Å². The van der Waals surface area contributed by atoms with E-state index in [1.165, 1.54) is 16.5 Å². The number of fused-ring (bicyclic) bond motifs is 2. The number of nitrogens with zero attached hydrogens (tertiary/aromatic N) is 4. The Kier molecular flexibility index (Phi) is 8.05. The summed E-state index contributed by atoms with van der Waals surface area (Å²) in [5.74, 6) is -1.25. The lowest BCUT2D eigenvalue weighted by Gasteiger charge is -2.15. The molecule has 0 radical (unpaired) electrons. The van der Waals surface area contributed by atoms with Crippen molar-refractivity contribution in [2.75, 3.05) is 20.3 Å². The minimum atomic E-state index is -0.683. The summed E-state index contributed by atoms with van der Waals surface area (Å²) in [7, 11) is 1.59. The molecule has 4 aromatic rings. The molecule has 1 aromatic carbocycles. The highest BCUT2D eigenvalue weighted by Crippen LogP contribution is 2.14. The maximum atomic E-state index is 13.5. The fourth-order valence-electron chi connectivity index (χ4n) is 4.02. The summed E-state index contributed by atoms with van der Waals surface area (Å²) in [6, 6.07) is 14.4. The van der Waals surface area contributed by atoms with E-state index in [2.05, 4.69) is 4.99 Å². The monoisotopic (exact) mass is 500 g/mol. The molecule has 0 bridgehead atoms. The molecule has 0 unspecified atom stereocenters. The van der Waals surface area contributed by atoms with E-state index in [4.69, 9.17) is 14.5 Å². The topological polar surface area (TPSA) is 104 Å². The van der Waals surface area contributed by atoms with E-state index in [0.717, 1.165) is 11.1 Å². The predicted octanol–water partition coefficient (Wildman–Crippen LogP) is 3.31. The number of esters is 1. The number of amides is 1. The zero-order chi connectivity index (χ0) is 26.4. The van der Waals surface area contributed by atoms with Crippen molar-refractivity contribution in [3.63, 3.8) is 0 Å². The molecule has 0 N–H and O–H groups in total. The first-order chi connectivity index (χ1) is 17.9. The van der Waals surface area contributed by atoms with Crippen molar-refractivity contribution in [3.05, 3.63) is 93.3 Å². The van der Waals surface area contributed by atoms with Gasteiger partial charge in [0.2, 0.25) is 0 Å². The highest BCUT2D eigenvalue weighted by Gasteiger charge is 2.20. The number of methoxy groups -OCH3 is 1. The molecule has 3 aromatic heterocycles. The Bertz CT molecular complexity index is 1620. The largest absolute Gasteiger partial charge is 0.462 e. The lowest BCUT2D eigenvalue weighted by molar-refractivity contribution is -0.113. The summed E-state index contributed by atoms with van der Waals surface area (Å²) in [5.41, 5.74) is 2.19. The van der Waals surface area contributed by atoms with Gasteiger partial charge in [-0.25, -0.2) is 9.78 Å². The first-order valence-corrected chi connectivity index (χ1v) is 12.0. The predicted molar refractivity (Wildman–Crippen MR) is 140 cm³/mol. The zero-order valence-electron chi connectivity index (χ0n) is 21.0. The molecule has 0 aliphatic carbocycles. The van der Waals surface area contributed by atoms with Crippen LogP contribution >= 0.6 is 0 Å². The van der Waals surface area contributed by atoms with E-state index in [1.54, 1.807) is 36.9 Å². The first-order valence-electron chi connectivity index (χ1n) is 12.0. The normalized spacial score (nSPS) is 12.0. The maximum absolute atomic E-state index is 13.5. The standard InChI is InChI=1S/C28H28N4O5/c1-4-37-28(35)22-18-21-25(30-24-19(2)10-8-15-32(24)27(21)34)31(16-9-17-36-3)26(22)29-23(33)14-13-20-11-6-5-7-12-20/h5-8,10-15,18H,4,9,16-17H2,1-3H3. The molecule has 0 spiro atoms. The summed E-state index contributed by atoms with van der Waals surface area (Å²) in [4.78, 5) is 48.5. The molecule has 9 heteroatoms. The van der Waals surface area contributed by atoms with Crippen molar-refractivity contribution in [1.29, 1.82) is 0 Å². The fraction of sp³-hybridized carbons (Fsp3) is 0.250. The minimum Gasteiger partial charge on any atom is -0.462 e. The van der Waals surface area contributed by atoms with Crippen LogP contribution in [-0.2, 0) is 20.8 Å². The molecule has 37 heavy (non-hydrogen) atoms. The van der Waals surface area contributed by atoms with Crippen LogP contribution < -0.4 is 11.0 Å². The van der Waals surface area contributed by atoms with Gasteiger partial charge < -0.3 is 14.0 Å². The molecule has 190 valence electrons. The van der Waals surface area contributed by atoms with E-state index >= 15 is 0 Å². The van der Waals surface area contributed by atoms with Crippen LogP contribution in [0.2, 0.25) is 0 Å². The lowest BCUT2D eigenvalue weighted by atomic mass is 10.2. The van der Waals surface area contributed by atoms with Gasteiger partial charge in [-0.1, -0.05) is 36.4 Å². The number of hydrogen-bond donors (Lipinski definition) is 0. The van der Waals surface area contributed by atoms with E-state index < -0.39 is 11.9 Å². The van der Waals surface area contributed by atoms with Gasteiger partial charge in [0.05, 0.1) is 12.0 Å². The highest BCUT2D eigenvalue weighted by molar-refractivity contribution is 5.96. The van der Waals surface area contributed by atoms with Gasteiger partial charge in [0.1, 0.15) is 16.9 Å². The number of aromatic nitrogens is 3. The van der Waals surface area contributed by atoms with Crippen LogP contribution in [0.15, 0.2) is 70.6 Å². The number of benzene rings is 1. The molecule has 3 heterocycles. The van der Waals surface area contributed by atoms with Gasteiger partial charge in [0.15, 0.2) is 5.49 Å². The van der Waals surface area contributed by atoms with Gasteiger partial charge in [-0.05, 0) is 49.6 Å². The van der Waals surface area contributed by atoms with Crippen molar-refractivity contribution in [1.82, 2.24) is 14.0 Å². The third-order valence-corrected chi connectivity index (χ3v) is 5.76. The molecule has 1 amide bonds. The summed E-state index contributed by atoms with van der Waals surface area (Å²) in [6.45, 7) is 4.39. The molecule has 0 saturated heterocycles. The molecule has 0 fully saturated rings. The second-order valence-electron chi connectivity index (χ2n) is 8.33. The van der Waals surface area contributed by atoms with E-state index in [-0.39, 0.29) is 28.6 Å². The number of rotatable bonds is 8. The average molecular weight is 501 g/mol. The second-order valence-corrected chi connectivity index (χ2v) is 8.33. The number of carbonyl (C=O) groups excluding carboxylic acids is 2. The number of hydrogen-bond acceptors (Lipinski definition) is 6. The Morgan fingerprint density at radius 3 is 2.62 bits per heavy atom. The molecule has 0 aliphatic rings. The van der Waals surface area contributed by atoms with Crippen LogP contribution in [0.5, 0.6) is 0 Å². The molecule has 0 aliphatic heterocycles. The van der Waals surface area contributed by atoms with Gasteiger partial charge in [0.25, 0.3) is 11.5 Å². The number of pyridine rings is 2. The third-order valence-electron chi connectivity index (χ3n) is 5.76. The van der Waals surface area contributed by atoms with Gasteiger partial charge in [-0.15, -0.1) is 0 Å². The molecule has 0 atom stereocenters. The minimum absolute atomic E-state index is 0.0136. The molecular formula is C28H28N4O5. The van der Waals surface area contributed by atoms with Crippen molar-refractivity contribution in [3.8, 4) is 0 Å². The average Bonchev–Trinajstić information content (AvgIpc) is 2.90. The molecule has 4 rings (SSSR count). The van der Waals surface area contributed by atoms with Crippen molar-refractivity contribution in [2.45, 2.75) is 26.8 Å². The fourth-order valence-corrected chi connectivity index (χ4v) is 4.02. The second kappa shape index (κ2) is 11.6. The van der Waals surface area contributed by atoms with Crippen LogP contribution in [0.1, 0.15) is 34.8 Å². The summed E-state index contributed by atoms with van der Waals surface area (Å²) in [6.07, 6.45) is 5.15. The van der Waals surface area contributed by atoms with Crippen molar-refractivity contribution in [2.24, 2.45) is 4.99 Å². The molecular weight excluding hydrogens is 472 g/mol. The third kappa shape index (κ3) is 5.57. The van der Waals surface area contributed by atoms with E-state index in [0.29, 0.717) is 30.9 Å². The number of ether oxygens (including phenoxy) is 2. The Labute approximate surface area is 213 Å².